The van der Waals surface area contributed by atoms with Gasteiger partial charge in [0.15, 0.2) is 9.84 Å². The number of ether oxygens (including phenoxy) is 1. The number of sulfone groups is 1. The van der Waals surface area contributed by atoms with Gasteiger partial charge in [-0.15, -0.1) is 0 Å². The third kappa shape index (κ3) is 3.58. The Morgan fingerprint density at radius 3 is 2.80 bits per heavy atom. The first-order valence-electron chi connectivity index (χ1n) is 6.79. The fourth-order valence-corrected chi connectivity index (χ4v) is 4.27. The molecule has 2 rings (SSSR count). The van der Waals surface area contributed by atoms with Gasteiger partial charge >= 0.3 is 0 Å². The van der Waals surface area contributed by atoms with E-state index in [-0.39, 0.29) is 11.3 Å². The summed E-state index contributed by atoms with van der Waals surface area (Å²) in [5.74, 6) is 0.705. The quantitative estimate of drug-likeness (QED) is 0.906. The van der Waals surface area contributed by atoms with Gasteiger partial charge in [0.1, 0.15) is 5.75 Å². The molecule has 0 heterocycles. The van der Waals surface area contributed by atoms with Crippen LogP contribution in [0.15, 0.2) is 18.2 Å². The fraction of sp³-hybridized carbons (Fsp3) is 0.571. The van der Waals surface area contributed by atoms with Crippen molar-refractivity contribution in [3.63, 3.8) is 0 Å². The molecule has 6 heteroatoms. The number of benzene rings is 1. The molecule has 1 aliphatic rings. The molecule has 1 fully saturated rings. The molecule has 1 aliphatic carbocycles. The molecule has 0 bridgehead atoms. The SMILES string of the molecule is CCOc1ccc(Cl)cc1NC1CCCC1S(C)(=O)=O. The zero-order valence-corrected chi connectivity index (χ0v) is 13.3. The van der Waals surface area contributed by atoms with Gasteiger partial charge < -0.3 is 10.1 Å². The van der Waals surface area contributed by atoms with Crippen molar-refractivity contribution in [1.82, 2.24) is 0 Å². The molecule has 1 aromatic rings. The van der Waals surface area contributed by atoms with E-state index in [0.717, 1.165) is 18.5 Å². The lowest BCUT2D eigenvalue weighted by atomic mass is 10.2. The molecule has 20 heavy (non-hydrogen) atoms. The summed E-state index contributed by atoms with van der Waals surface area (Å²) in [6.45, 7) is 2.46. The molecule has 0 radical (unpaired) electrons. The summed E-state index contributed by atoms with van der Waals surface area (Å²) in [6, 6.07) is 5.27. The number of hydrogen-bond acceptors (Lipinski definition) is 4. The third-order valence-corrected chi connectivity index (χ3v) is 5.48. The topological polar surface area (TPSA) is 55.4 Å². The second-order valence-corrected chi connectivity index (χ2v) is 7.82. The Hall–Kier alpha value is -0.940. The summed E-state index contributed by atoms with van der Waals surface area (Å²) in [5, 5.41) is 3.57. The molecule has 112 valence electrons. The van der Waals surface area contributed by atoms with E-state index in [1.807, 2.05) is 6.92 Å². The molecule has 0 amide bonds. The summed E-state index contributed by atoms with van der Waals surface area (Å²) in [6.07, 6.45) is 3.77. The Morgan fingerprint density at radius 2 is 2.15 bits per heavy atom. The van der Waals surface area contributed by atoms with Crippen LogP contribution in [0.25, 0.3) is 0 Å². The summed E-state index contributed by atoms with van der Waals surface area (Å²) >= 11 is 6.01. The summed E-state index contributed by atoms with van der Waals surface area (Å²) in [4.78, 5) is 0. The van der Waals surface area contributed by atoms with Crippen molar-refractivity contribution in [3.8, 4) is 5.75 Å². The normalized spacial score (nSPS) is 22.8. The van der Waals surface area contributed by atoms with Gasteiger partial charge in [-0.1, -0.05) is 11.6 Å². The van der Waals surface area contributed by atoms with Gasteiger partial charge in [-0.05, 0) is 44.4 Å². The average Bonchev–Trinajstić information content (AvgIpc) is 2.81. The van der Waals surface area contributed by atoms with Gasteiger partial charge in [0.05, 0.1) is 17.5 Å². The number of hydrogen-bond donors (Lipinski definition) is 1. The van der Waals surface area contributed by atoms with Crippen LogP contribution in [-0.2, 0) is 9.84 Å². The molecular formula is C14H20ClNO3S. The van der Waals surface area contributed by atoms with Gasteiger partial charge in [-0.2, -0.15) is 0 Å². The molecule has 0 aliphatic heterocycles. The second kappa shape index (κ2) is 6.22. The van der Waals surface area contributed by atoms with Crippen LogP contribution in [-0.4, -0.2) is 32.6 Å². The average molecular weight is 318 g/mol. The maximum atomic E-state index is 11.8. The van der Waals surface area contributed by atoms with Crippen molar-refractivity contribution in [2.75, 3.05) is 18.2 Å². The van der Waals surface area contributed by atoms with Crippen LogP contribution in [0.2, 0.25) is 5.02 Å². The monoisotopic (exact) mass is 317 g/mol. The lowest BCUT2D eigenvalue weighted by molar-refractivity contribution is 0.341. The number of anilines is 1. The molecule has 1 N–H and O–H groups in total. The van der Waals surface area contributed by atoms with Crippen molar-refractivity contribution in [2.45, 2.75) is 37.5 Å². The second-order valence-electron chi connectivity index (χ2n) is 5.12. The van der Waals surface area contributed by atoms with Crippen LogP contribution in [0.4, 0.5) is 5.69 Å². The molecule has 0 spiro atoms. The molecule has 0 saturated heterocycles. The molecular weight excluding hydrogens is 298 g/mol. The van der Waals surface area contributed by atoms with Crippen molar-refractivity contribution in [3.05, 3.63) is 23.2 Å². The maximum Gasteiger partial charge on any atom is 0.152 e. The minimum Gasteiger partial charge on any atom is -0.492 e. The highest BCUT2D eigenvalue weighted by molar-refractivity contribution is 7.91. The Bertz CT molecular complexity index is 574. The highest BCUT2D eigenvalue weighted by Gasteiger charge is 2.35. The van der Waals surface area contributed by atoms with E-state index in [1.165, 1.54) is 6.26 Å². The first kappa shape index (κ1) is 15.4. The predicted octanol–water partition coefficient (Wildman–Crippen LogP) is 3.12. The van der Waals surface area contributed by atoms with Gasteiger partial charge in [-0.25, -0.2) is 8.42 Å². The van der Waals surface area contributed by atoms with E-state index < -0.39 is 9.84 Å². The van der Waals surface area contributed by atoms with Gasteiger partial charge in [-0.3, -0.25) is 0 Å². The lowest BCUT2D eigenvalue weighted by Crippen LogP contribution is -2.34. The Labute approximate surface area is 125 Å². The highest BCUT2D eigenvalue weighted by Crippen LogP contribution is 2.33. The lowest BCUT2D eigenvalue weighted by Gasteiger charge is -2.22. The molecule has 2 unspecified atom stereocenters. The van der Waals surface area contributed by atoms with Crippen molar-refractivity contribution < 1.29 is 13.2 Å². The zero-order valence-electron chi connectivity index (χ0n) is 11.7. The van der Waals surface area contributed by atoms with E-state index in [1.54, 1.807) is 18.2 Å². The van der Waals surface area contributed by atoms with Gasteiger partial charge in [0, 0.05) is 17.3 Å². The predicted molar refractivity (Wildman–Crippen MR) is 82.5 cm³/mol. The molecule has 4 nitrogen and oxygen atoms in total. The molecule has 1 saturated carbocycles. The van der Waals surface area contributed by atoms with Crippen molar-refractivity contribution in [2.24, 2.45) is 0 Å². The first-order valence-corrected chi connectivity index (χ1v) is 9.13. The number of nitrogens with one attached hydrogen (secondary N) is 1. The number of halogens is 1. The Kier molecular flexibility index (Phi) is 4.81. The number of rotatable bonds is 5. The van der Waals surface area contributed by atoms with Crippen LogP contribution in [0.3, 0.4) is 0 Å². The largest absolute Gasteiger partial charge is 0.492 e. The molecule has 2 atom stereocenters. The maximum absolute atomic E-state index is 11.8. The third-order valence-electron chi connectivity index (χ3n) is 3.58. The van der Waals surface area contributed by atoms with Crippen molar-refractivity contribution in [1.29, 1.82) is 0 Å². The standard InChI is InChI=1S/C14H20ClNO3S/c1-3-19-13-8-7-10(15)9-12(13)16-11-5-4-6-14(11)20(2,17)18/h7-9,11,14,16H,3-6H2,1-2H3. The minimum atomic E-state index is -3.04. The van der Waals surface area contributed by atoms with E-state index in [2.05, 4.69) is 5.32 Å². The van der Waals surface area contributed by atoms with Gasteiger partial charge in [0.2, 0.25) is 0 Å². The summed E-state index contributed by atoms with van der Waals surface area (Å²) in [5.41, 5.74) is 0.764. The van der Waals surface area contributed by atoms with Crippen LogP contribution in [0.1, 0.15) is 26.2 Å². The van der Waals surface area contributed by atoms with Gasteiger partial charge in [0.25, 0.3) is 0 Å². The fourth-order valence-electron chi connectivity index (χ4n) is 2.70. The van der Waals surface area contributed by atoms with Crippen molar-refractivity contribution >= 4 is 27.1 Å². The van der Waals surface area contributed by atoms with E-state index in [9.17, 15) is 8.42 Å². The van der Waals surface area contributed by atoms with E-state index in [0.29, 0.717) is 23.8 Å². The first-order chi connectivity index (χ1) is 9.41. The van der Waals surface area contributed by atoms with Crippen LogP contribution in [0.5, 0.6) is 5.75 Å². The van der Waals surface area contributed by atoms with Crippen LogP contribution >= 0.6 is 11.6 Å². The highest BCUT2D eigenvalue weighted by atomic mass is 35.5. The Balaban J connectivity index is 2.23. The summed E-state index contributed by atoms with van der Waals surface area (Å²) < 4.78 is 29.2. The molecule has 1 aromatic carbocycles. The Morgan fingerprint density at radius 1 is 1.40 bits per heavy atom. The summed E-state index contributed by atoms with van der Waals surface area (Å²) in [7, 11) is -3.04. The molecule has 0 aromatic heterocycles. The van der Waals surface area contributed by atoms with Crippen LogP contribution in [0, 0.1) is 0 Å². The van der Waals surface area contributed by atoms with E-state index >= 15 is 0 Å². The smallest absolute Gasteiger partial charge is 0.152 e. The van der Waals surface area contributed by atoms with E-state index in [4.69, 9.17) is 16.3 Å². The van der Waals surface area contributed by atoms with Crippen LogP contribution < -0.4 is 10.1 Å². The zero-order chi connectivity index (χ0) is 14.8. The minimum absolute atomic E-state index is 0.0809.